The van der Waals surface area contributed by atoms with Gasteiger partial charge in [0.05, 0.1) is 5.38 Å². The second-order valence-corrected chi connectivity index (χ2v) is 2.64. The van der Waals surface area contributed by atoms with Crippen LogP contribution in [-0.4, -0.2) is 9.17 Å². The molecule has 0 spiro atoms. The molecule has 0 aliphatic heterocycles. The van der Waals surface area contributed by atoms with Crippen molar-refractivity contribution in [3.63, 3.8) is 0 Å². The molecule has 36 valence electrons. The van der Waals surface area contributed by atoms with Crippen LogP contribution in [0.1, 0.15) is 6.92 Å². The normalized spacial score (nSPS) is 13.8. The zero-order valence-electron chi connectivity index (χ0n) is 3.24. The van der Waals surface area contributed by atoms with Gasteiger partial charge in [0.1, 0.15) is 0 Å². The van der Waals surface area contributed by atoms with Crippen molar-refractivity contribution in [3.05, 3.63) is 0 Å². The van der Waals surface area contributed by atoms with Gasteiger partial charge in [-0.1, -0.05) is 0 Å². The van der Waals surface area contributed by atoms with Crippen molar-refractivity contribution in [2.75, 3.05) is 0 Å². The lowest BCUT2D eigenvalue weighted by molar-refractivity contribution is -0.108. The van der Waals surface area contributed by atoms with Gasteiger partial charge in [0.2, 0.25) is 3.79 Å². The molecule has 0 saturated carbocycles. The molecule has 0 saturated heterocycles. The Hall–Kier alpha value is 0.690. The Morgan fingerprint density at radius 2 is 2.17 bits per heavy atom. The fraction of sp³-hybridized carbons (Fsp3) is 0.667. The summed E-state index contributed by atoms with van der Waals surface area (Å²) in [5.41, 5.74) is 0. The monoisotopic (exact) mass is 218 g/mol. The number of hydrogen-bond acceptors (Lipinski definition) is 1. The molecule has 0 heterocycles. The Bertz CT molecular complexity index is 61.8. The van der Waals surface area contributed by atoms with E-state index in [0.29, 0.717) is 0 Å². The van der Waals surface area contributed by atoms with Crippen molar-refractivity contribution < 1.29 is 4.79 Å². The zero-order valence-corrected chi connectivity index (χ0v) is 6.15. The first-order valence-electron chi connectivity index (χ1n) is 1.48. The average molecular weight is 218 g/mol. The maximum absolute atomic E-state index is 10.00. The van der Waals surface area contributed by atoms with Crippen molar-refractivity contribution in [1.82, 2.24) is 0 Å². The van der Waals surface area contributed by atoms with E-state index >= 15 is 0 Å². The van der Waals surface area contributed by atoms with Crippen LogP contribution in [0.5, 0.6) is 0 Å². The summed E-state index contributed by atoms with van der Waals surface area (Å²) in [7, 11) is 0. The van der Waals surface area contributed by atoms with E-state index in [4.69, 9.17) is 11.6 Å². The highest BCUT2D eigenvalue weighted by Gasteiger charge is 2.00. The van der Waals surface area contributed by atoms with E-state index in [0.717, 1.165) is 0 Å². The van der Waals surface area contributed by atoms with Crippen LogP contribution in [0.25, 0.3) is 0 Å². The first kappa shape index (κ1) is 6.69. The molecule has 0 aliphatic rings. The van der Waals surface area contributed by atoms with Crippen molar-refractivity contribution in [1.29, 1.82) is 0 Å². The van der Waals surface area contributed by atoms with E-state index < -0.39 is 0 Å². The molecule has 0 aromatic carbocycles. The highest BCUT2D eigenvalue weighted by Crippen LogP contribution is 1.99. The molecule has 6 heavy (non-hydrogen) atoms. The molecular weight excluding hydrogens is 214 g/mol. The quantitative estimate of drug-likeness (QED) is 0.371. The Labute approximate surface area is 55.2 Å². The van der Waals surface area contributed by atoms with E-state index in [1.165, 1.54) is 0 Å². The zero-order chi connectivity index (χ0) is 5.15. The second-order valence-electron chi connectivity index (χ2n) is 0.920. The van der Waals surface area contributed by atoms with Crippen LogP contribution < -0.4 is 0 Å². The Kier molecular flexibility index (Phi) is 3.12. The van der Waals surface area contributed by atoms with Gasteiger partial charge < -0.3 is 0 Å². The summed E-state index contributed by atoms with van der Waals surface area (Å²) in [6, 6.07) is 0. The third-order valence-corrected chi connectivity index (χ3v) is 1.81. The maximum atomic E-state index is 10.00. The van der Waals surface area contributed by atoms with Crippen LogP contribution in [0.3, 0.4) is 0 Å². The fourth-order valence-corrected chi connectivity index (χ4v) is 0. The summed E-state index contributed by atoms with van der Waals surface area (Å²) in [5, 5.41) is -0.328. The average Bonchev–Trinajstić information content (AvgIpc) is 1.36. The van der Waals surface area contributed by atoms with Gasteiger partial charge in [-0.15, -0.1) is 11.6 Å². The molecule has 0 bridgehead atoms. The van der Waals surface area contributed by atoms with Gasteiger partial charge in [-0.05, 0) is 6.92 Å². The van der Waals surface area contributed by atoms with E-state index in [9.17, 15) is 4.79 Å². The summed E-state index contributed by atoms with van der Waals surface area (Å²) in [6.45, 7) is 1.65. The Morgan fingerprint density at radius 3 is 2.17 bits per heavy atom. The van der Waals surface area contributed by atoms with Crippen molar-refractivity contribution in [3.8, 4) is 0 Å². The standard InChI is InChI=1S/C3H4ClIO/c1-2(4)3(5)6/h2H,1H3. The highest BCUT2D eigenvalue weighted by molar-refractivity contribution is 14.1. The summed E-state index contributed by atoms with van der Waals surface area (Å²) in [4.78, 5) is 10.00. The molecular formula is C3H4ClIO. The summed E-state index contributed by atoms with van der Waals surface area (Å²) >= 11 is 6.92. The number of hydrogen-bond donors (Lipinski definition) is 0. The van der Waals surface area contributed by atoms with Gasteiger partial charge in [0, 0.05) is 22.6 Å². The molecule has 0 fully saturated rings. The molecule has 0 aromatic rings. The topological polar surface area (TPSA) is 17.1 Å². The van der Waals surface area contributed by atoms with E-state index in [-0.39, 0.29) is 9.17 Å². The molecule has 0 aromatic heterocycles. The lowest BCUT2D eigenvalue weighted by Crippen LogP contribution is -1.98. The van der Waals surface area contributed by atoms with Crippen LogP contribution >= 0.6 is 34.2 Å². The Morgan fingerprint density at radius 1 is 2.00 bits per heavy atom. The first-order chi connectivity index (χ1) is 2.64. The molecule has 0 N–H and O–H groups in total. The third kappa shape index (κ3) is 2.90. The van der Waals surface area contributed by atoms with Gasteiger partial charge >= 0.3 is 0 Å². The molecule has 0 amide bonds. The lowest BCUT2D eigenvalue weighted by atomic mass is 10.6. The molecule has 1 unspecified atom stereocenters. The SMILES string of the molecule is CC(Cl)C(=O)I. The fourth-order valence-electron chi connectivity index (χ4n) is 0. The van der Waals surface area contributed by atoms with E-state index in [1.807, 2.05) is 0 Å². The number of rotatable bonds is 1. The minimum Gasteiger partial charge on any atom is -0.286 e. The smallest absolute Gasteiger partial charge is 0.209 e. The van der Waals surface area contributed by atoms with Crippen LogP contribution in [0, 0.1) is 0 Å². The predicted octanol–water partition coefficient (Wildman–Crippen LogP) is 1.58. The largest absolute Gasteiger partial charge is 0.286 e. The lowest BCUT2D eigenvalue weighted by Gasteiger charge is -1.85. The van der Waals surface area contributed by atoms with Gasteiger partial charge in [-0.2, -0.15) is 0 Å². The summed E-state index contributed by atoms with van der Waals surface area (Å²) < 4.78 is -0.00531. The van der Waals surface area contributed by atoms with Gasteiger partial charge in [-0.3, -0.25) is 4.79 Å². The van der Waals surface area contributed by atoms with Gasteiger partial charge in [0.15, 0.2) is 0 Å². The van der Waals surface area contributed by atoms with E-state index in [1.54, 1.807) is 29.5 Å². The van der Waals surface area contributed by atoms with Crippen LogP contribution in [0.15, 0.2) is 0 Å². The van der Waals surface area contributed by atoms with Crippen molar-refractivity contribution in [2.45, 2.75) is 12.3 Å². The molecule has 0 radical (unpaired) electrons. The van der Waals surface area contributed by atoms with Crippen LogP contribution in [0.4, 0.5) is 0 Å². The molecule has 0 aliphatic carbocycles. The molecule has 3 heteroatoms. The summed E-state index contributed by atoms with van der Waals surface area (Å²) in [5.74, 6) is 0. The minimum atomic E-state index is -0.328. The van der Waals surface area contributed by atoms with Crippen molar-refractivity contribution >= 4 is 38.0 Å². The number of alkyl halides is 1. The maximum Gasteiger partial charge on any atom is 0.209 e. The number of carbonyl (C=O) groups is 1. The van der Waals surface area contributed by atoms with Gasteiger partial charge in [0.25, 0.3) is 0 Å². The summed E-state index contributed by atoms with van der Waals surface area (Å²) in [6.07, 6.45) is 0. The minimum absolute atomic E-state index is 0.00531. The molecule has 0 rings (SSSR count). The first-order valence-corrected chi connectivity index (χ1v) is 2.99. The highest BCUT2D eigenvalue weighted by atomic mass is 127. The predicted molar refractivity (Wildman–Crippen MR) is 34.3 cm³/mol. The van der Waals surface area contributed by atoms with Crippen LogP contribution in [0.2, 0.25) is 0 Å². The second kappa shape index (κ2) is 2.80. The molecule has 1 nitrogen and oxygen atoms in total. The van der Waals surface area contributed by atoms with E-state index in [2.05, 4.69) is 0 Å². The number of halogens is 2. The Balaban J connectivity index is 3.26. The van der Waals surface area contributed by atoms with Crippen molar-refractivity contribution in [2.24, 2.45) is 0 Å². The van der Waals surface area contributed by atoms with Crippen LogP contribution in [-0.2, 0) is 4.79 Å². The van der Waals surface area contributed by atoms with Gasteiger partial charge in [-0.25, -0.2) is 0 Å². The number of carbonyl (C=O) groups excluding carboxylic acids is 1. The molecule has 1 atom stereocenters. The third-order valence-electron chi connectivity index (χ3n) is 0.313.